The second-order valence-corrected chi connectivity index (χ2v) is 8.30. The summed E-state index contributed by atoms with van der Waals surface area (Å²) in [6.07, 6.45) is 8.85. The van der Waals surface area contributed by atoms with Gasteiger partial charge in [-0.1, -0.05) is 35.9 Å². The highest BCUT2D eigenvalue weighted by Crippen LogP contribution is 2.25. The van der Waals surface area contributed by atoms with Gasteiger partial charge in [0.1, 0.15) is 16.4 Å². The summed E-state index contributed by atoms with van der Waals surface area (Å²) in [7, 11) is 0. The van der Waals surface area contributed by atoms with E-state index >= 15 is 0 Å². The zero-order valence-corrected chi connectivity index (χ0v) is 19.3. The number of carbonyl (C=O) groups is 1. The first-order valence-electron chi connectivity index (χ1n) is 10.9. The second-order valence-electron chi connectivity index (χ2n) is 7.92. The number of amides is 1. The number of hydrogen-bond acceptors (Lipinski definition) is 4. The molecule has 0 fully saturated rings. The summed E-state index contributed by atoms with van der Waals surface area (Å²) in [5.41, 5.74) is 4.23. The maximum atomic E-state index is 12.8. The molecule has 9 heteroatoms. The average Bonchev–Trinajstić information content (AvgIpc) is 3.54. The van der Waals surface area contributed by atoms with Crippen LogP contribution >= 0.6 is 11.6 Å². The van der Waals surface area contributed by atoms with Gasteiger partial charge in [0.2, 0.25) is 0 Å². The van der Waals surface area contributed by atoms with Crippen molar-refractivity contribution in [3.05, 3.63) is 111 Å². The summed E-state index contributed by atoms with van der Waals surface area (Å²) >= 11 is 5.81. The molecule has 35 heavy (non-hydrogen) atoms. The Kier molecular flexibility index (Phi) is 6.28. The van der Waals surface area contributed by atoms with Crippen molar-refractivity contribution in [3.8, 4) is 11.4 Å². The summed E-state index contributed by atoms with van der Waals surface area (Å²) in [6, 6.07) is 16.6. The number of aromatic nitrogens is 5. The van der Waals surface area contributed by atoms with Gasteiger partial charge in [-0.3, -0.25) is 14.7 Å². The third kappa shape index (κ3) is 4.92. The molecule has 3 N–H and O–H groups in total. The standard InChI is InChI=1S/C26H21ClN6O2/c27-23-10-8-18(15-30-23)16-33-13-3-5-20(26(33)35)25(34)29-12-1-4-17-7-9-19-22(14-17)31-32-24(19)21-6-2-11-28-21/h1-11,13-15,28H,12,16H2,(H,29,34)(H,31,32)/b4-1+. The van der Waals surface area contributed by atoms with E-state index < -0.39 is 5.91 Å². The second kappa shape index (κ2) is 9.82. The Balaban J connectivity index is 1.23. The number of nitrogens with one attached hydrogen (secondary N) is 3. The first kappa shape index (κ1) is 22.4. The number of nitrogens with zero attached hydrogens (tertiary/aromatic N) is 3. The number of pyridine rings is 2. The molecule has 0 unspecified atom stereocenters. The minimum absolute atomic E-state index is 0.0820. The van der Waals surface area contributed by atoms with Gasteiger partial charge in [-0.2, -0.15) is 5.10 Å². The molecule has 0 aliphatic carbocycles. The van der Waals surface area contributed by atoms with Crippen LogP contribution in [0.1, 0.15) is 21.5 Å². The lowest BCUT2D eigenvalue weighted by atomic mass is 10.1. The SMILES string of the molecule is O=C(NC/C=C/c1ccc2c(-c3ccc[nH]3)n[nH]c2c1)c1cccn(Cc2ccc(Cl)nc2)c1=O. The van der Waals surface area contributed by atoms with Gasteiger partial charge in [0.15, 0.2) is 0 Å². The van der Waals surface area contributed by atoms with Gasteiger partial charge in [-0.25, -0.2) is 4.98 Å². The van der Waals surface area contributed by atoms with Crippen LogP contribution in [0.4, 0.5) is 0 Å². The van der Waals surface area contributed by atoms with Crippen LogP contribution in [0.25, 0.3) is 28.4 Å². The van der Waals surface area contributed by atoms with Crippen molar-refractivity contribution in [2.24, 2.45) is 0 Å². The summed E-state index contributed by atoms with van der Waals surface area (Å²) in [4.78, 5) is 32.6. The van der Waals surface area contributed by atoms with Crippen LogP contribution in [0.15, 0.2) is 84.1 Å². The Hall–Kier alpha value is -4.43. The van der Waals surface area contributed by atoms with E-state index in [2.05, 4.69) is 25.5 Å². The van der Waals surface area contributed by atoms with Crippen molar-refractivity contribution in [1.29, 1.82) is 0 Å². The lowest BCUT2D eigenvalue weighted by molar-refractivity contribution is 0.0956. The van der Waals surface area contributed by atoms with Gasteiger partial charge in [-0.05, 0) is 53.6 Å². The van der Waals surface area contributed by atoms with Crippen molar-refractivity contribution in [2.45, 2.75) is 6.54 Å². The van der Waals surface area contributed by atoms with E-state index in [-0.39, 0.29) is 17.7 Å². The van der Waals surface area contributed by atoms with Crippen LogP contribution in [0.2, 0.25) is 5.15 Å². The van der Waals surface area contributed by atoms with Crippen LogP contribution in [-0.4, -0.2) is 37.2 Å². The smallest absolute Gasteiger partial charge is 0.263 e. The quantitative estimate of drug-likeness (QED) is 0.300. The summed E-state index contributed by atoms with van der Waals surface area (Å²) in [5, 5.41) is 11.6. The maximum absolute atomic E-state index is 12.8. The molecule has 4 heterocycles. The molecule has 8 nitrogen and oxygen atoms in total. The molecule has 0 bridgehead atoms. The average molecular weight is 485 g/mol. The summed E-state index contributed by atoms with van der Waals surface area (Å²) in [5.74, 6) is -0.428. The fraction of sp³-hybridized carbons (Fsp3) is 0.0769. The highest BCUT2D eigenvalue weighted by Gasteiger charge is 2.12. The molecule has 0 saturated carbocycles. The first-order chi connectivity index (χ1) is 17.1. The number of carbonyl (C=O) groups excluding carboxylic acids is 1. The number of rotatable bonds is 7. The minimum Gasteiger partial charge on any atom is -0.360 e. The van der Waals surface area contributed by atoms with Crippen molar-refractivity contribution in [2.75, 3.05) is 6.54 Å². The highest BCUT2D eigenvalue weighted by atomic mass is 35.5. The molecule has 5 aromatic rings. The van der Waals surface area contributed by atoms with Gasteiger partial charge < -0.3 is 14.9 Å². The number of benzene rings is 1. The lowest BCUT2D eigenvalue weighted by Crippen LogP contribution is -2.33. The van der Waals surface area contributed by atoms with Gasteiger partial charge in [0.25, 0.3) is 11.5 Å². The molecule has 0 atom stereocenters. The molecule has 174 valence electrons. The normalized spacial score (nSPS) is 11.3. The van der Waals surface area contributed by atoms with Gasteiger partial charge >= 0.3 is 0 Å². The molecule has 0 spiro atoms. The number of H-pyrrole nitrogens is 2. The van der Waals surface area contributed by atoms with Crippen molar-refractivity contribution in [1.82, 2.24) is 30.0 Å². The fourth-order valence-corrected chi connectivity index (χ4v) is 3.91. The molecule has 0 saturated heterocycles. The molecule has 1 amide bonds. The topological polar surface area (TPSA) is 108 Å². The van der Waals surface area contributed by atoms with E-state index in [1.54, 1.807) is 30.6 Å². The Morgan fingerprint density at radius 3 is 2.86 bits per heavy atom. The predicted octanol–water partition coefficient (Wildman–Crippen LogP) is 4.26. The van der Waals surface area contributed by atoms with Crippen LogP contribution in [0, 0.1) is 0 Å². The third-order valence-corrected chi connectivity index (χ3v) is 5.76. The number of aromatic amines is 2. The number of hydrogen-bond donors (Lipinski definition) is 3. The molecule has 0 aliphatic rings. The van der Waals surface area contributed by atoms with E-state index in [0.717, 1.165) is 33.4 Å². The van der Waals surface area contributed by atoms with Gasteiger partial charge in [0, 0.05) is 30.5 Å². The van der Waals surface area contributed by atoms with E-state index in [9.17, 15) is 9.59 Å². The molecule has 4 aromatic heterocycles. The first-order valence-corrected chi connectivity index (χ1v) is 11.3. The van der Waals surface area contributed by atoms with Crippen molar-refractivity contribution >= 4 is 34.5 Å². The third-order valence-electron chi connectivity index (χ3n) is 5.54. The number of halogens is 1. The van der Waals surface area contributed by atoms with Crippen LogP contribution in [-0.2, 0) is 6.54 Å². The molecule has 5 rings (SSSR count). The molecule has 0 aliphatic heterocycles. The zero-order chi connectivity index (χ0) is 24.2. The van der Waals surface area contributed by atoms with Gasteiger partial charge in [-0.15, -0.1) is 0 Å². The number of fused-ring (bicyclic) bond motifs is 1. The van der Waals surface area contributed by atoms with E-state index in [0.29, 0.717) is 11.7 Å². The molecule has 1 aromatic carbocycles. The summed E-state index contributed by atoms with van der Waals surface area (Å²) < 4.78 is 1.47. The summed E-state index contributed by atoms with van der Waals surface area (Å²) in [6.45, 7) is 0.578. The maximum Gasteiger partial charge on any atom is 0.263 e. The van der Waals surface area contributed by atoms with Gasteiger partial charge in [0.05, 0.1) is 17.8 Å². The van der Waals surface area contributed by atoms with Crippen molar-refractivity contribution in [3.63, 3.8) is 0 Å². The van der Waals surface area contributed by atoms with E-state index in [1.165, 1.54) is 10.6 Å². The van der Waals surface area contributed by atoms with Crippen LogP contribution < -0.4 is 10.9 Å². The Bertz CT molecular complexity index is 1570. The Morgan fingerprint density at radius 1 is 1.14 bits per heavy atom. The fourth-order valence-electron chi connectivity index (χ4n) is 3.80. The van der Waals surface area contributed by atoms with Crippen LogP contribution in [0.5, 0.6) is 0 Å². The Labute approximate surface area is 205 Å². The Morgan fingerprint density at radius 2 is 2.06 bits per heavy atom. The van der Waals surface area contributed by atoms with Crippen molar-refractivity contribution < 1.29 is 4.79 Å². The largest absolute Gasteiger partial charge is 0.360 e. The van der Waals surface area contributed by atoms with E-state index in [4.69, 9.17) is 11.6 Å². The zero-order valence-electron chi connectivity index (χ0n) is 18.5. The molecule has 0 radical (unpaired) electrons. The lowest BCUT2D eigenvalue weighted by Gasteiger charge is -2.08. The monoisotopic (exact) mass is 484 g/mol. The van der Waals surface area contributed by atoms with E-state index in [1.807, 2.05) is 48.7 Å². The predicted molar refractivity (Wildman–Crippen MR) is 136 cm³/mol. The molecular formula is C26H21ClN6O2. The minimum atomic E-state index is -0.428. The van der Waals surface area contributed by atoms with Crippen LogP contribution in [0.3, 0.4) is 0 Å². The highest BCUT2D eigenvalue weighted by molar-refractivity contribution is 6.29. The molecular weight excluding hydrogens is 464 g/mol.